The van der Waals surface area contributed by atoms with Crippen molar-refractivity contribution >= 4 is 0 Å². The molecule has 1 aliphatic carbocycles. The first-order valence-electron chi connectivity index (χ1n) is 5.36. The van der Waals surface area contributed by atoms with Crippen molar-refractivity contribution in [3.63, 3.8) is 0 Å². The van der Waals surface area contributed by atoms with Crippen LogP contribution >= 0.6 is 0 Å². The van der Waals surface area contributed by atoms with Gasteiger partial charge in [-0.15, -0.1) is 0 Å². The second kappa shape index (κ2) is 5.30. The second-order valence-electron chi connectivity index (χ2n) is 3.93. The van der Waals surface area contributed by atoms with Gasteiger partial charge in [0.1, 0.15) is 12.4 Å². The van der Waals surface area contributed by atoms with Gasteiger partial charge < -0.3 is 19.6 Å². The first kappa shape index (κ1) is 10.7. The summed E-state index contributed by atoms with van der Waals surface area (Å²) in [4.78, 5) is 0. The Bertz CT molecular complexity index is 269. The molecule has 1 fully saturated rings. The molecule has 0 aromatic carbocycles. The van der Waals surface area contributed by atoms with Gasteiger partial charge in [0.15, 0.2) is 0 Å². The van der Waals surface area contributed by atoms with Crippen LogP contribution in [0, 0.1) is 0 Å². The highest BCUT2D eigenvalue weighted by Gasteiger charge is 2.21. The fourth-order valence-corrected chi connectivity index (χ4v) is 1.34. The minimum Gasteiger partial charge on any atom is -0.467 e. The molecule has 1 aromatic heterocycles. The first-order valence-corrected chi connectivity index (χ1v) is 5.36. The first-order chi connectivity index (χ1) is 7.34. The van der Waals surface area contributed by atoms with E-state index in [0.717, 1.165) is 5.76 Å². The Morgan fingerprint density at radius 1 is 1.60 bits per heavy atom. The highest BCUT2D eigenvalue weighted by molar-refractivity contribution is 4.96. The second-order valence-corrected chi connectivity index (χ2v) is 3.93. The molecule has 4 heteroatoms. The number of hydrogen-bond acceptors (Lipinski definition) is 4. The van der Waals surface area contributed by atoms with Crippen molar-refractivity contribution in [2.75, 3.05) is 13.2 Å². The lowest BCUT2D eigenvalue weighted by Gasteiger charge is -2.11. The average molecular weight is 211 g/mol. The third kappa shape index (κ3) is 4.03. The Balaban J connectivity index is 1.52. The maximum Gasteiger partial charge on any atom is 0.129 e. The van der Waals surface area contributed by atoms with Crippen LogP contribution in [0.5, 0.6) is 0 Å². The molecule has 1 aliphatic rings. The Hall–Kier alpha value is -0.840. The number of aliphatic hydroxyl groups is 1. The third-order valence-corrected chi connectivity index (χ3v) is 2.35. The smallest absolute Gasteiger partial charge is 0.129 e. The van der Waals surface area contributed by atoms with Crippen LogP contribution in [0.2, 0.25) is 0 Å². The molecule has 2 rings (SSSR count). The SMILES string of the molecule is OC(CNC1CC1)COCc1ccco1. The van der Waals surface area contributed by atoms with Gasteiger partial charge in [-0.25, -0.2) is 0 Å². The van der Waals surface area contributed by atoms with E-state index < -0.39 is 6.10 Å². The molecule has 0 radical (unpaired) electrons. The molecule has 1 atom stereocenters. The summed E-state index contributed by atoms with van der Waals surface area (Å²) in [5.74, 6) is 0.789. The molecule has 0 saturated heterocycles. The number of ether oxygens (including phenoxy) is 1. The summed E-state index contributed by atoms with van der Waals surface area (Å²) in [6, 6.07) is 4.31. The van der Waals surface area contributed by atoms with Crippen molar-refractivity contribution in [1.82, 2.24) is 5.32 Å². The Labute approximate surface area is 89.2 Å². The van der Waals surface area contributed by atoms with Gasteiger partial charge >= 0.3 is 0 Å². The average Bonchev–Trinajstić information content (AvgIpc) is 2.92. The Kier molecular flexibility index (Phi) is 3.77. The third-order valence-electron chi connectivity index (χ3n) is 2.35. The minimum atomic E-state index is -0.430. The Morgan fingerprint density at radius 3 is 3.13 bits per heavy atom. The molecule has 1 saturated carbocycles. The van der Waals surface area contributed by atoms with E-state index >= 15 is 0 Å². The van der Waals surface area contributed by atoms with Crippen LogP contribution in [0.25, 0.3) is 0 Å². The number of aliphatic hydroxyl groups excluding tert-OH is 1. The van der Waals surface area contributed by atoms with E-state index in [1.807, 2.05) is 12.1 Å². The topological polar surface area (TPSA) is 54.6 Å². The number of furan rings is 1. The van der Waals surface area contributed by atoms with Crippen LogP contribution < -0.4 is 5.32 Å². The highest BCUT2D eigenvalue weighted by Crippen LogP contribution is 2.18. The lowest BCUT2D eigenvalue weighted by Crippen LogP contribution is -2.31. The quantitative estimate of drug-likeness (QED) is 0.704. The molecule has 15 heavy (non-hydrogen) atoms. The van der Waals surface area contributed by atoms with Crippen molar-refractivity contribution in [3.8, 4) is 0 Å². The molecular formula is C11H17NO3. The molecule has 0 bridgehead atoms. The van der Waals surface area contributed by atoms with E-state index in [1.54, 1.807) is 6.26 Å². The van der Waals surface area contributed by atoms with E-state index in [4.69, 9.17) is 9.15 Å². The van der Waals surface area contributed by atoms with Crippen LogP contribution in [0.4, 0.5) is 0 Å². The summed E-state index contributed by atoms with van der Waals surface area (Å²) >= 11 is 0. The maximum atomic E-state index is 9.54. The fourth-order valence-electron chi connectivity index (χ4n) is 1.34. The van der Waals surface area contributed by atoms with E-state index in [-0.39, 0.29) is 0 Å². The standard InChI is InChI=1S/C11H17NO3/c13-10(6-12-9-3-4-9)7-14-8-11-2-1-5-15-11/h1-2,5,9-10,12-13H,3-4,6-8H2. The summed E-state index contributed by atoms with van der Waals surface area (Å²) in [6.07, 6.45) is 3.66. The molecular weight excluding hydrogens is 194 g/mol. The van der Waals surface area contributed by atoms with Gasteiger partial charge in [0, 0.05) is 12.6 Å². The molecule has 1 aromatic rings. The predicted octanol–water partition coefficient (Wildman–Crippen LogP) is 0.909. The summed E-state index contributed by atoms with van der Waals surface area (Å²) in [5.41, 5.74) is 0. The molecule has 2 N–H and O–H groups in total. The van der Waals surface area contributed by atoms with Crippen LogP contribution in [-0.2, 0) is 11.3 Å². The van der Waals surface area contributed by atoms with Gasteiger partial charge in [0.2, 0.25) is 0 Å². The Morgan fingerprint density at radius 2 is 2.47 bits per heavy atom. The van der Waals surface area contributed by atoms with Crippen molar-refractivity contribution in [3.05, 3.63) is 24.2 Å². The van der Waals surface area contributed by atoms with Gasteiger partial charge in [-0.3, -0.25) is 0 Å². The van der Waals surface area contributed by atoms with Crippen LogP contribution in [-0.4, -0.2) is 30.4 Å². The fraction of sp³-hybridized carbons (Fsp3) is 0.636. The predicted molar refractivity (Wildman–Crippen MR) is 55.4 cm³/mol. The van der Waals surface area contributed by atoms with Crippen molar-refractivity contribution in [2.45, 2.75) is 31.6 Å². The largest absolute Gasteiger partial charge is 0.467 e. The summed E-state index contributed by atoms with van der Waals surface area (Å²) in [5, 5.41) is 12.8. The summed E-state index contributed by atoms with van der Waals surface area (Å²) < 4.78 is 10.4. The normalized spacial score (nSPS) is 17.9. The monoisotopic (exact) mass is 211 g/mol. The van der Waals surface area contributed by atoms with E-state index in [9.17, 15) is 5.11 Å². The number of nitrogens with one attached hydrogen (secondary N) is 1. The molecule has 1 heterocycles. The number of hydrogen-bond donors (Lipinski definition) is 2. The van der Waals surface area contributed by atoms with Crippen molar-refractivity contribution in [2.24, 2.45) is 0 Å². The highest BCUT2D eigenvalue weighted by atomic mass is 16.5. The van der Waals surface area contributed by atoms with Crippen LogP contribution in [0.1, 0.15) is 18.6 Å². The van der Waals surface area contributed by atoms with Gasteiger partial charge in [0.05, 0.1) is 19.0 Å². The maximum absolute atomic E-state index is 9.54. The minimum absolute atomic E-state index is 0.348. The summed E-state index contributed by atoms with van der Waals surface area (Å²) in [7, 11) is 0. The van der Waals surface area contributed by atoms with Crippen molar-refractivity contribution in [1.29, 1.82) is 0 Å². The molecule has 1 unspecified atom stereocenters. The van der Waals surface area contributed by atoms with Gasteiger partial charge in [-0.05, 0) is 25.0 Å². The van der Waals surface area contributed by atoms with E-state index in [0.29, 0.717) is 25.8 Å². The van der Waals surface area contributed by atoms with Crippen LogP contribution in [0.3, 0.4) is 0 Å². The van der Waals surface area contributed by atoms with E-state index in [2.05, 4.69) is 5.32 Å². The molecule has 4 nitrogen and oxygen atoms in total. The zero-order valence-electron chi connectivity index (χ0n) is 8.69. The van der Waals surface area contributed by atoms with Gasteiger partial charge in [0.25, 0.3) is 0 Å². The molecule has 0 amide bonds. The lowest BCUT2D eigenvalue weighted by molar-refractivity contribution is 0.0225. The zero-order valence-corrected chi connectivity index (χ0v) is 8.69. The van der Waals surface area contributed by atoms with Crippen LogP contribution in [0.15, 0.2) is 22.8 Å². The molecule has 84 valence electrons. The van der Waals surface area contributed by atoms with Crippen molar-refractivity contribution < 1.29 is 14.3 Å². The van der Waals surface area contributed by atoms with Gasteiger partial charge in [-0.1, -0.05) is 0 Å². The van der Waals surface area contributed by atoms with E-state index in [1.165, 1.54) is 12.8 Å². The molecule has 0 aliphatic heterocycles. The zero-order chi connectivity index (χ0) is 10.5. The van der Waals surface area contributed by atoms with Gasteiger partial charge in [-0.2, -0.15) is 0 Å². The molecule has 0 spiro atoms. The summed E-state index contributed by atoms with van der Waals surface area (Å²) in [6.45, 7) is 1.39. The lowest BCUT2D eigenvalue weighted by atomic mass is 10.3. The number of rotatable bonds is 7.